The van der Waals surface area contributed by atoms with Gasteiger partial charge < -0.3 is 4.74 Å². The summed E-state index contributed by atoms with van der Waals surface area (Å²) in [5.41, 5.74) is 3.16. The van der Waals surface area contributed by atoms with Crippen LogP contribution < -0.4 is 9.64 Å². The minimum Gasteiger partial charge on any atom is -0.487 e. The summed E-state index contributed by atoms with van der Waals surface area (Å²) in [7, 11) is 0. The number of aliphatic imine (C=N–C) groups is 1. The molecular formula is C29H18Cl2I2N2O2S. The number of anilines is 1. The van der Waals surface area contributed by atoms with E-state index in [0.29, 0.717) is 25.9 Å². The summed E-state index contributed by atoms with van der Waals surface area (Å²) in [6.07, 6.45) is 1.87. The normalized spacial score (nSPS) is 15.5. The van der Waals surface area contributed by atoms with Gasteiger partial charge in [-0.3, -0.25) is 9.69 Å². The summed E-state index contributed by atoms with van der Waals surface area (Å²) in [5.74, 6) is 0.536. The summed E-state index contributed by atoms with van der Waals surface area (Å²) in [6, 6.07) is 28.5. The Morgan fingerprint density at radius 3 is 2.34 bits per heavy atom. The van der Waals surface area contributed by atoms with E-state index in [1.165, 1.54) is 11.8 Å². The van der Waals surface area contributed by atoms with Crippen LogP contribution in [0.15, 0.2) is 101 Å². The molecule has 0 N–H and O–H groups in total. The number of benzene rings is 4. The lowest BCUT2D eigenvalue weighted by molar-refractivity contribution is -0.113. The molecule has 0 saturated carbocycles. The maximum Gasteiger partial charge on any atom is 0.271 e. The first-order chi connectivity index (χ1) is 18.4. The van der Waals surface area contributed by atoms with Gasteiger partial charge >= 0.3 is 0 Å². The van der Waals surface area contributed by atoms with Gasteiger partial charge in [0.25, 0.3) is 5.91 Å². The lowest BCUT2D eigenvalue weighted by atomic mass is 10.1. The van der Waals surface area contributed by atoms with E-state index in [0.717, 1.165) is 29.6 Å². The third-order valence-corrected chi connectivity index (χ3v) is 8.49. The molecule has 0 spiro atoms. The molecule has 0 unspecified atom stereocenters. The van der Waals surface area contributed by atoms with Gasteiger partial charge in [0.05, 0.1) is 19.9 Å². The lowest BCUT2D eigenvalue weighted by Gasteiger charge is -2.15. The molecule has 4 aromatic rings. The molecule has 9 heteroatoms. The molecule has 5 rings (SSSR count). The maximum absolute atomic E-state index is 13.7. The molecule has 1 aliphatic rings. The van der Waals surface area contributed by atoms with E-state index < -0.39 is 0 Å². The minimum atomic E-state index is -0.142. The Morgan fingerprint density at radius 2 is 1.63 bits per heavy atom. The number of carbonyl (C=O) groups is 1. The van der Waals surface area contributed by atoms with E-state index in [1.807, 2.05) is 84.9 Å². The second kappa shape index (κ2) is 12.4. The number of hydrogen-bond acceptors (Lipinski definition) is 4. The number of para-hydroxylation sites is 2. The van der Waals surface area contributed by atoms with Crippen LogP contribution in [0.1, 0.15) is 11.1 Å². The molecular weight excluding hydrogens is 765 g/mol. The van der Waals surface area contributed by atoms with Gasteiger partial charge in [-0.1, -0.05) is 65.7 Å². The molecule has 0 atom stereocenters. The Hall–Kier alpha value is -2.05. The number of ether oxygens (including phenoxy) is 1. The fourth-order valence-corrected chi connectivity index (χ4v) is 7.24. The third kappa shape index (κ3) is 6.39. The van der Waals surface area contributed by atoms with Gasteiger partial charge in [0, 0.05) is 24.7 Å². The van der Waals surface area contributed by atoms with Gasteiger partial charge in [-0.25, -0.2) is 4.99 Å². The van der Waals surface area contributed by atoms with Gasteiger partial charge in [-0.05, 0) is 112 Å². The molecule has 1 aliphatic heterocycles. The Kier molecular flexibility index (Phi) is 8.99. The van der Waals surface area contributed by atoms with E-state index >= 15 is 0 Å². The van der Waals surface area contributed by atoms with Gasteiger partial charge in [0.2, 0.25) is 0 Å². The summed E-state index contributed by atoms with van der Waals surface area (Å²) in [4.78, 5) is 20.7. The molecule has 4 nitrogen and oxygen atoms in total. The van der Waals surface area contributed by atoms with Gasteiger partial charge in [0.1, 0.15) is 12.4 Å². The van der Waals surface area contributed by atoms with Crippen LogP contribution >= 0.6 is 80.1 Å². The zero-order chi connectivity index (χ0) is 26.6. The standard InChI is InChI=1S/C29H18Cl2I2N2O2S/c30-20-12-11-18(24(31)15-20)17-37-27-19(13-21(32)16-25(27)33)14-26-28(36)35(23-9-5-2-6-10-23)29(38-26)34-22-7-3-1-4-8-22/h1-16H,17H2/b26-14-,34-29?. The highest BCUT2D eigenvalue weighted by Crippen LogP contribution is 2.39. The van der Waals surface area contributed by atoms with Crippen molar-refractivity contribution >= 4 is 109 Å². The van der Waals surface area contributed by atoms with Crippen LogP contribution in [0.4, 0.5) is 11.4 Å². The van der Waals surface area contributed by atoms with Crippen LogP contribution in [0.3, 0.4) is 0 Å². The molecule has 4 aromatic carbocycles. The van der Waals surface area contributed by atoms with Crippen molar-refractivity contribution < 1.29 is 9.53 Å². The van der Waals surface area contributed by atoms with Crippen molar-refractivity contribution in [3.05, 3.63) is 124 Å². The zero-order valence-electron chi connectivity index (χ0n) is 19.6. The number of halogens is 4. The number of rotatable bonds is 6. The summed E-state index contributed by atoms with van der Waals surface area (Å²) >= 11 is 18.3. The van der Waals surface area contributed by atoms with Crippen LogP contribution in [-0.2, 0) is 11.4 Å². The van der Waals surface area contributed by atoms with Crippen LogP contribution in [0.2, 0.25) is 10.0 Å². The summed E-state index contributed by atoms with van der Waals surface area (Å²) in [6.45, 7) is 0.265. The van der Waals surface area contributed by atoms with E-state index in [4.69, 9.17) is 32.9 Å². The molecule has 38 heavy (non-hydrogen) atoms. The van der Waals surface area contributed by atoms with Crippen LogP contribution in [0, 0.1) is 7.14 Å². The number of hydrogen-bond donors (Lipinski definition) is 0. The Labute approximate surface area is 262 Å². The molecule has 0 aliphatic carbocycles. The minimum absolute atomic E-state index is 0.142. The van der Waals surface area contributed by atoms with Crippen molar-refractivity contribution in [3.8, 4) is 5.75 Å². The maximum atomic E-state index is 13.7. The monoisotopic (exact) mass is 782 g/mol. The molecule has 1 fully saturated rings. The predicted molar refractivity (Wildman–Crippen MR) is 176 cm³/mol. The fourth-order valence-electron chi connectivity index (χ4n) is 3.74. The van der Waals surface area contributed by atoms with Crippen molar-refractivity contribution in [1.29, 1.82) is 0 Å². The van der Waals surface area contributed by atoms with Gasteiger partial charge in [-0.15, -0.1) is 0 Å². The van der Waals surface area contributed by atoms with Crippen molar-refractivity contribution in [1.82, 2.24) is 0 Å². The highest BCUT2D eigenvalue weighted by Gasteiger charge is 2.35. The van der Waals surface area contributed by atoms with Crippen molar-refractivity contribution in [2.24, 2.45) is 4.99 Å². The van der Waals surface area contributed by atoms with E-state index in [1.54, 1.807) is 17.0 Å². The quantitative estimate of drug-likeness (QED) is 0.145. The molecule has 0 radical (unpaired) electrons. The molecule has 1 saturated heterocycles. The van der Waals surface area contributed by atoms with E-state index in [-0.39, 0.29) is 12.5 Å². The van der Waals surface area contributed by atoms with Crippen LogP contribution in [0.5, 0.6) is 5.75 Å². The molecule has 0 aromatic heterocycles. The third-order valence-electron chi connectivity index (χ3n) is 5.51. The highest BCUT2D eigenvalue weighted by molar-refractivity contribution is 14.1. The first-order valence-electron chi connectivity index (χ1n) is 11.4. The SMILES string of the molecule is O=C1/C(=C/c2cc(I)cc(I)c2OCc2ccc(Cl)cc2Cl)SC(=Nc2ccccc2)N1c1ccccc1. The molecule has 0 bridgehead atoms. The molecule has 190 valence electrons. The first-order valence-corrected chi connectivity index (χ1v) is 15.1. The number of nitrogens with zero attached hydrogens (tertiary/aromatic N) is 2. The largest absolute Gasteiger partial charge is 0.487 e. The van der Waals surface area contributed by atoms with Gasteiger partial charge in [-0.2, -0.15) is 0 Å². The predicted octanol–water partition coefficient (Wildman–Crippen LogP) is 9.59. The number of amides is 1. The van der Waals surface area contributed by atoms with Gasteiger partial charge in [0.15, 0.2) is 5.17 Å². The van der Waals surface area contributed by atoms with Crippen LogP contribution in [0.25, 0.3) is 6.08 Å². The summed E-state index contributed by atoms with van der Waals surface area (Å²) < 4.78 is 8.22. The highest BCUT2D eigenvalue weighted by atomic mass is 127. The van der Waals surface area contributed by atoms with Crippen molar-refractivity contribution in [2.75, 3.05) is 4.90 Å². The smallest absolute Gasteiger partial charge is 0.271 e. The van der Waals surface area contributed by atoms with Crippen molar-refractivity contribution in [3.63, 3.8) is 0 Å². The number of thioether (sulfide) groups is 1. The topological polar surface area (TPSA) is 41.9 Å². The molecule has 1 amide bonds. The van der Waals surface area contributed by atoms with Crippen LogP contribution in [-0.4, -0.2) is 11.1 Å². The summed E-state index contributed by atoms with van der Waals surface area (Å²) in [5, 5.41) is 1.70. The van der Waals surface area contributed by atoms with E-state index in [2.05, 4.69) is 45.2 Å². The van der Waals surface area contributed by atoms with Crippen molar-refractivity contribution in [2.45, 2.75) is 6.61 Å². The molecule has 1 heterocycles. The second-order valence-corrected chi connectivity index (χ2v) is 12.4. The zero-order valence-corrected chi connectivity index (χ0v) is 26.2. The Bertz CT molecular complexity index is 1560. The Balaban J connectivity index is 1.53. The fraction of sp³-hybridized carbons (Fsp3) is 0.0345. The average molecular weight is 783 g/mol. The lowest BCUT2D eigenvalue weighted by Crippen LogP contribution is -2.28. The first kappa shape index (κ1) is 27.5. The number of carbonyl (C=O) groups excluding carboxylic acids is 1. The second-order valence-electron chi connectivity index (χ2n) is 8.15. The van der Waals surface area contributed by atoms with E-state index in [9.17, 15) is 4.79 Å². The Morgan fingerprint density at radius 1 is 0.921 bits per heavy atom. The number of amidine groups is 1. The average Bonchev–Trinajstić information content (AvgIpc) is 3.19.